The zero-order valence-corrected chi connectivity index (χ0v) is 8.58. The molecule has 2 rings (SSSR count). The highest BCUT2D eigenvalue weighted by atomic mass is 32.1. The van der Waals surface area contributed by atoms with Gasteiger partial charge in [-0.3, -0.25) is 0 Å². The van der Waals surface area contributed by atoms with Gasteiger partial charge in [0, 0.05) is 11.1 Å². The van der Waals surface area contributed by atoms with E-state index in [-0.39, 0.29) is 0 Å². The molecule has 2 aromatic rings. The maximum Gasteiger partial charge on any atom is 0.149 e. The van der Waals surface area contributed by atoms with Crippen LogP contribution < -0.4 is 11.5 Å². The van der Waals surface area contributed by atoms with Crippen molar-refractivity contribution in [3.8, 4) is 10.6 Å². The molecule has 0 amide bonds. The maximum absolute atomic E-state index is 5.73. The molecule has 0 aliphatic rings. The Hall–Kier alpha value is -1.14. The van der Waals surface area contributed by atoms with Gasteiger partial charge < -0.3 is 11.5 Å². The quantitative estimate of drug-likeness (QED) is 0.754. The molecule has 0 aliphatic carbocycles. The third-order valence-corrected chi connectivity index (χ3v) is 3.24. The van der Waals surface area contributed by atoms with Gasteiger partial charge in [-0.15, -0.1) is 11.3 Å². The van der Waals surface area contributed by atoms with E-state index >= 15 is 0 Å². The van der Waals surface area contributed by atoms with Crippen molar-refractivity contribution in [1.29, 1.82) is 0 Å². The molecular formula is C7H8N4S2. The van der Waals surface area contributed by atoms with Gasteiger partial charge in [0.1, 0.15) is 15.8 Å². The molecule has 0 spiro atoms. The lowest BCUT2D eigenvalue weighted by Gasteiger charge is -1.93. The van der Waals surface area contributed by atoms with Gasteiger partial charge in [-0.25, -0.2) is 4.98 Å². The van der Waals surface area contributed by atoms with Crippen LogP contribution in [0.25, 0.3) is 10.6 Å². The van der Waals surface area contributed by atoms with E-state index in [9.17, 15) is 0 Å². The van der Waals surface area contributed by atoms with Crippen molar-refractivity contribution in [3.05, 3.63) is 11.1 Å². The number of aromatic nitrogens is 2. The summed E-state index contributed by atoms with van der Waals surface area (Å²) in [5.74, 6) is 0.469. The standard InChI is InChI=1S/C7H8N4S2/c1-3-2-12-7(10-3)4-5(8)11-13-6(4)9/h2H,9H2,1H3,(H2,8,11). The van der Waals surface area contributed by atoms with E-state index in [4.69, 9.17) is 11.5 Å². The van der Waals surface area contributed by atoms with Crippen LogP contribution in [-0.2, 0) is 0 Å². The number of nitrogens with two attached hydrogens (primary N) is 2. The lowest BCUT2D eigenvalue weighted by atomic mass is 10.3. The maximum atomic E-state index is 5.73. The summed E-state index contributed by atoms with van der Waals surface area (Å²) in [7, 11) is 0. The molecule has 4 nitrogen and oxygen atoms in total. The van der Waals surface area contributed by atoms with Gasteiger partial charge in [0.25, 0.3) is 0 Å². The fourth-order valence-corrected chi connectivity index (χ4v) is 2.51. The van der Waals surface area contributed by atoms with Crippen LogP contribution in [0.3, 0.4) is 0 Å². The van der Waals surface area contributed by atoms with Crippen molar-refractivity contribution in [2.75, 3.05) is 11.5 Å². The van der Waals surface area contributed by atoms with Crippen LogP contribution in [0.1, 0.15) is 5.69 Å². The topological polar surface area (TPSA) is 77.8 Å². The van der Waals surface area contributed by atoms with Crippen LogP contribution in [0.5, 0.6) is 0 Å². The SMILES string of the molecule is Cc1csc(-c2c(N)nsc2N)n1. The summed E-state index contributed by atoms with van der Waals surface area (Å²) in [5.41, 5.74) is 13.2. The number of nitrogen functional groups attached to an aromatic ring is 2. The smallest absolute Gasteiger partial charge is 0.149 e. The van der Waals surface area contributed by atoms with E-state index in [0.29, 0.717) is 10.8 Å². The lowest BCUT2D eigenvalue weighted by Crippen LogP contribution is -1.90. The summed E-state index contributed by atoms with van der Waals surface area (Å²) < 4.78 is 3.96. The zero-order valence-electron chi connectivity index (χ0n) is 6.94. The average Bonchev–Trinajstić information content (AvgIpc) is 2.60. The Kier molecular flexibility index (Phi) is 1.93. The molecule has 4 N–H and O–H groups in total. The number of nitrogens with zero attached hydrogens (tertiary/aromatic N) is 2. The van der Waals surface area contributed by atoms with E-state index in [2.05, 4.69) is 9.36 Å². The predicted octanol–water partition coefficient (Wildman–Crippen LogP) is 1.74. The molecule has 2 aromatic heterocycles. The summed E-state index contributed by atoms with van der Waals surface area (Å²) in [4.78, 5) is 4.30. The molecule has 13 heavy (non-hydrogen) atoms. The highest BCUT2D eigenvalue weighted by Gasteiger charge is 2.13. The first-order chi connectivity index (χ1) is 6.18. The molecule has 0 bridgehead atoms. The molecule has 2 heterocycles. The number of anilines is 2. The normalized spacial score (nSPS) is 10.5. The largest absolute Gasteiger partial charge is 0.389 e. The minimum atomic E-state index is 0.469. The van der Waals surface area contributed by atoms with E-state index in [1.54, 1.807) is 0 Å². The predicted molar refractivity (Wildman–Crippen MR) is 56.8 cm³/mol. The molecule has 0 saturated carbocycles. The van der Waals surface area contributed by atoms with Crippen LogP contribution >= 0.6 is 22.9 Å². The monoisotopic (exact) mass is 212 g/mol. The Labute approximate surface area is 83.4 Å². The number of rotatable bonds is 1. The Morgan fingerprint density at radius 3 is 2.62 bits per heavy atom. The van der Waals surface area contributed by atoms with Gasteiger partial charge in [-0.1, -0.05) is 0 Å². The van der Waals surface area contributed by atoms with E-state index < -0.39 is 0 Å². The highest BCUT2D eigenvalue weighted by Crippen LogP contribution is 2.35. The van der Waals surface area contributed by atoms with Crippen LogP contribution in [-0.4, -0.2) is 9.36 Å². The molecule has 0 aromatic carbocycles. The fraction of sp³-hybridized carbons (Fsp3) is 0.143. The third kappa shape index (κ3) is 1.38. The van der Waals surface area contributed by atoms with Crippen molar-refractivity contribution >= 4 is 33.7 Å². The summed E-state index contributed by atoms with van der Waals surface area (Å²) in [6, 6.07) is 0. The van der Waals surface area contributed by atoms with Crippen LogP contribution in [0.2, 0.25) is 0 Å². The van der Waals surface area contributed by atoms with Crippen LogP contribution in [0.15, 0.2) is 5.38 Å². The number of hydrogen-bond acceptors (Lipinski definition) is 6. The second-order valence-electron chi connectivity index (χ2n) is 2.60. The minimum Gasteiger partial charge on any atom is -0.389 e. The first-order valence-electron chi connectivity index (χ1n) is 3.61. The Morgan fingerprint density at radius 2 is 2.15 bits per heavy atom. The molecule has 0 fully saturated rings. The molecule has 68 valence electrons. The zero-order chi connectivity index (χ0) is 9.42. The van der Waals surface area contributed by atoms with Gasteiger partial charge in [0.15, 0.2) is 0 Å². The third-order valence-electron chi connectivity index (χ3n) is 1.58. The highest BCUT2D eigenvalue weighted by molar-refractivity contribution is 7.15. The lowest BCUT2D eigenvalue weighted by molar-refractivity contribution is 1.27. The van der Waals surface area contributed by atoms with Gasteiger partial charge in [0.2, 0.25) is 0 Å². The van der Waals surface area contributed by atoms with E-state index in [0.717, 1.165) is 16.3 Å². The molecule has 0 radical (unpaired) electrons. The van der Waals surface area contributed by atoms with Gasteiger partial charge in [0.05, 0.1) is 5.56 Å². The summed E-state index contributed by atoms with van der Waals surface area (Å²) in [5, 5.41) is 3.44. The van der Waals surface area contributed by atoms with Crippen molar-refractivity contribution in [1.82, 2.24) is 9.36 Å². The van der Waals surface area contributed by atoms with Crippen LogP contribution in [0.4, 0.5) is 10.8 Å². The number of hydrogen-bond donors (Lipinski definition) is 2. The molecule has 6 heteroatoms. The van der Waals surface area contributed by atoms with E-state index in [1.165, 1.54) is 22.9 Å². The molecule has 0 aliphatic heterocycles. The van der Waals surface area contributed by atoms with Crippen molar-refractivity contribution < 1.29 is 0 Å². The first kappa shape index (κ1) is 8.46. The van der Waals surface area contributed by atoms with Gasteiger partial charge in [-0.05, 0) is 18.5 Å². The van der Waals surface area contributed by atoms with Gasteiger partial charge >= 0.3 is 0 Å². The summed E-state index contributed by atoms with van der Waals surface area (Å²) in [6.45, 7) is 1.94. The van der Waals surface area contributed by atoms with Crippen LogP contribution in [0, 0.1) is 6.92 Å². The second-order valence-corrected chi connectivity index (χ2v) is 4.26. The molecule has 0 atom stereocenters. The van der Waals surface area contributed by atoms with Crippen molar-refractivity contribution in [3.63, 3.8) is 0 Å². The molecule has 0 unspecified atom stereocenters. The Balaban J connectivity index is 2.57. The average molecular weight is 212 g/mol. The molecular weight excluding hydrogens is 204 g/mol. The van der Waals surface area contributed by atoms with Gasteiger partial charge in [-0.2, -0.15) is 4.37 Å². The fourth-order valence-electron chi connectivity index (χ4n) is 1.000. The first-order valence-corrected chi connectivity index (χ1v) is 5.27. The molecule has 0 saturated heterocycles. The van der Waals surface area contributed by atoms with E-state index in [1.807, 2.05) is 12.3 Å². The van der Waals surface area contributed by atoms with Crippen molar-refractivity contribution in [2.45, 2.75) is 6.92 Å². The summed E-state index contributed by atoms with van der Waals surface area (Å²) in [6.07, 6.45) is 0. The number of aryl methyl sites for hydroxylation is 1. The Bertz CT molecular complexity index is 412. The summed E-state index contributed by atoms with van der Waals surface area (Å²) >= 11 is 2.74. The minimum absolute atomic E-state index is 0.469. The Morgan fingerprint density at radius 1 is 1.38 bits per heavy atom. The second kappa shape index (κ2) is 2.97. The van der Waals surface area contributed by atoms with Crippen molar-refractivity contribution in [2.24, 2.45) is 0 Å². The number of thiazole rings is 1.